The second kappa shape index (κ2) is 10.3. The zero-order chi connectivity index (χ0) is 26.8. The number of halogens is 2. The fourth-order valence-corrected chi connectivity index (χ4v) is 3.59. The predicted molar refractivity (Wildman–Crippen MR) is 127 cm³/mol. The lowest BCUT2D eigenvalue weighted by Gasteiger charge is -2.15. The van der Waals surface area contributed by atoms with E-state index in [1.165, 1.54) is 17.8 Å². The Morgan fingerprint density at radius 3 is 2.74 bits per heavy atom. The molecular formula is C24H22F2N8O4. The molecule has 4 heterocycles. The van der Waals surface area contributed by atoms with Gasteiger partial charge in [0.2, 0.25) is 11.7 Å². The maximum atomic E-state index is 13.9. The Labute approximate surface area is 214 Å². The number of aryl methyl sites for hydroxylation is 1. The van der Waals surface area contributed by atoms with E-state index in [9.17, 15) is 18.4 Å². The van der Waals surface area contributed by atoms with Gasteiger partial charge in [-0.3, -0.25) is 15.1 Å². The molecule has 4 aromatic heterocycles. The van der Waals surface area contributed by atoms with Crippen LogP contribution in [0.15, 0.2) is 41.2 Å². The Balaban J connectivity index is 1.21. The van der Waals surface area contributed by atoms with Gasteiger partial charge in [-0.1, -0.05) is 11.3 Å². The number of hydrogen-bond donors (Lipinski definition) is 2. The molecule has 0 saturated heterocycles. The first-order chi connectivity index (χ1) is 18.3. The molecule has 2 amide bonds. The number of aromatic nitrogens is 6. The van der Waals surface area contributed by atoms with Crippen LogP contribution < -0.4 is 10.6 Å². The number of carbonyl (C=O) groups is 2. The van der Waals surface area contributed by atoms with Crippen molar-refractivity contribution in [3.05, 3.63) is 71.3 Å². The van der Waals surface area contributed by atoms with Crippen LogP contribution in [0.25, 0.3) is 11.4 Å². The van der Waals surface area contributed by atoms with Crippen LogP contribution in [0.2, 0.25) is 0 Å². The number of ether oxygens (including phenoxy) is 1. The minimum Gasteiger partial charge on any atom is -0.441 e. The average Bonchev–Trinajstić information content (AvgIpc) is 3.53. The van der Waals surface area contributed by atoms with Gasteiger partial charge in [0.1, 0.15) is 11.9 Å². The number of oxazole rings is 1. The van der Waals surface area contributed by atoms with E-state index in [0.717, 1.165) is 25.1 Å². The van der Waals surface area contributed by atoms with Gasteiger partial charge in [0.25, 0.3) is 5.91 Å². The van der Waals surface area contributed by atoms with E-state index in [1.807, 2.05) is 0 Å². The molecule has 5 rings (SSSR count). The van der Waals surface area contributed by atoms with Crippen molar-refractivity contribution in [3.8, 4) is 11.4 Å². The van der Waals surface area contributed by atoms with Gasteiger partial charge in [0.15, 0.2) is 17.4 Å². The van der Waals surface area contributed by atoms with Crippen molar-refractivity contribution in [1.29, 1.82) is 0 Å². The first-order valence-electron chi connectivity index (χ1n) is 11.7. The predicted octanol–water partition coefficient (Wildman–Crippen LogP) is 3.66. The molecule has 0 unspecified atom stereocenters. The second-order valence-electron chi connectivity index (χ2n) is 8.69. The van der Waals surface area contributed by atoms with Crippen LogP contribution >= 0.6 is 0 Å². The molecule has 196 valence electrons. The molecule has 2 N–H and O–H groups in total. The largest absolute Gasteiger partial charge is 0.441 e. The van der Waals surface area contributed by atoms with E-state index in [4.69, 9.17) is 9.15 Å². The monoisotopic (exact) mass is 524 g/mol. The van der Waals surface area contributed by atoms with Crippen molar-refractivity contribution in [2.45, 2.75) is 38.3 Å². The van der Waals surface area contributed by atoms with E-state index in [1.54, 1.807) is 25.4 Å². The Morgan fingerprint density at radius 2 is 2.00 bits per heavy atom. The van der Waals surface area contributed by atoms with Gasteiger partial charge in [-0.05, 0) is 37.5 Å². The maximum absolute atomic E-state index is 13.9. The number of nitrogens with zero attached hydrogens (tertiary/aromatic N) is 6. The number of rotatable bonds is 8. The highest BCUT2D eigenvalue weighted by molar-refractivity contribution is 5.91. The molecule has 1 saturated carbocycles. The summed E-state index contributed by atoms with van der Waals surface area (Å²) in [5.41, 5.74) is 1.14. The van der Waals surface area contributed by atoms with Crippen LogP contribution in [0.4, 0.5) is 19.4 Å². The third-order valence-electron chi connectivity index (χ3n) is 5.80. The second-order valence-corrected chi connectivity index (χ2v) is 8.69. The lowest BCUT2D eigenvalue weighted by molar-refractivity contribution is 0.0921. The van der Waals surface area contributed by atoms with Crippen LogP contribution in [-0.4, -0.2) is 41.9 Å². The smallest absolute Gasteiger partial charge is 0.413 e. The van der Waals surface area contributed by atoms with Crippen molar-refractivity contribution in [1.82, 2.24) is 35.3 Å². The number of nitrogens with one attached hydrogen (secondary N) is 2. The van der Waals surface area contributed by atoms with Gasteiger partial charge >= 0.3 is 6.09 Å². The fourth-order valence-electron chi connectivity index (χ4n) is 3.59. The highest BCUT2D eigenvalue weighted by Gasteiger charge is 2.29. The summed E-state index contributed by atoms with van der Waals surface area (Å²) in [7, 11) is 1.55. The molecule has 14 heteroatoms. The Bertz CT molecular complexity index is 1480. The standard InChI is InChI=1S/C24H22F2N8O4/c1-12(16-7-15(25)10-28-20(16)26)37-24(36)31-21-19(32-33-34(21)2)17-6-3-13(8-27-17)9-29-22(35)18-11-30-23(38-18)14-4-5-14/h3,6-8,10-12,14H,4-5,9H2,1-2H3,(H,29,35)(H,31,36)/t12-/m1/s1. The van der Waals surface area contributed by atoms with Crippen LogP contribution in [0.5, 0.6) is 0 Å². The number of pyridine rings is 2. The minimum absolute atomic E-state index is 0.157. The molecule has 0 bridgehead atoms. The molecule has 12 nitrogen and oxygen atoms in total. The molecule has 0 spiro atoms. The van der Waals surface area contributed by atoms with Crippen LogP contribution in [0.1, 0.15) is 59.4 Å². The van der Waals surface area contributed by atoms with Gasteiger partial charge in [-0.25, -0.2) is 23.8 Å². The van der Waals surface area contributed by atoms with Crippen molar-refractivity contribution in [2.75, 3.05) is 5.32 Å². The van der Waals surface area contributed by atoms with Gasteiger partial charge < -0.3 is 14.5 Å². The number of anilines is 1. The molecule has 1 fully saturated rings. The van der Waals surface area contributed by atoms with Gasteiger partial charge in [-0.2, -0.15) is 4.39 Å². The molecule has 0 aromatic carbocycles. The van der Waals surface area contributed by atoms with E-state index in [2.05, 4.69) is 35.9 Å². The fraction of sp³-hybridized carbons (Fsp3) is 0.292. The van der Waals surface area contributed by atoms with E-state index >= 15 is 0 Å². The molecular weight excluding hydrogens is 502 g/mol. The van der Waals surface area contributed by atoms with Gasteiger partial charge in [0.05, 0.1) is 23.7 Å². The van der Waals surface area contributed by atoms with Gasteiger partial charge in [-0.15, -0.1) is 5.10 Å². The quantitative estimate of drug-likeness (QED) is 0.329. The third-order valence-corrected chi connectivity index (χ3v) is 5.80. The van der Waals surface area contributed by atoms with Crippen molar-refractivity contribution in [2.24, 2.45) is 7.05 Å². The first-order valence-corrected chi connectivity index (χ1v) is 11.7. The summed E-state index contributed by atoms with van der Waals surface area (Å²) in [4.78, 5) is 36.6. The summed E-state index contributed by atoms with van der Waals surface area (Å²) in [6.07, 6.45) is 3.68. The summed E-state index contributed by atoms with van der Waals surface area (Å²) >= 11 is 0. The lowest BCUT2D eigenvalue weighted by atomic mass is 10.2. The number of hydrogen-bond acceptors (Lipinski definition) is 9. The molecule has 0 aliphatic heterocycles. The van der Waals surface area contributed by atoms with Gasteiger partial charge in [0, 0.05) is 25.7 Å². The van der Waals surface area contributed by atoms with Crippen LogP contribution in [-0.2, 0) is 18.3 Å². The van der Waals surface area contributed by atoms with Crippen molar-refractivity contribution in [3.63, 3.8) is 0 Å². The highest BCUT2D eigenvalue weighted by Crippen LogP contribution is 2.39. The molecule has 38 heavy (non-hydrogen) atoms. The number of amides is 2. The summed E-state index contributed by atoms with van der Waals surface area (Å²) in [6.45, 7) is 1.59. The highest BCUT2D eigenvalue weighted by atomic mass is 19.1. The third kappa shape index (κ3) is 5.48. The minimum atomic E-state index is -1.12. The Kier molecular flexibility index (Phi) is 6.77. The van der Waals surface area contributed by atoms with E-state index in [0.29, 0.717) is 23.1 Å². The zero-order valence-corrected chi connectivity index (χ0v) is 20.3. The summed E-state index contributed by atoms with van der Waals surface area (Å²) in [6, 6.07) is 4.29. The molecule has 0 radical (unpaired) electrons. The molecule has 1 aliphatic rings. The summed E-state index contributed by atoms with van der Waals surface area (Å²) < 4.78 is 39.3. The van der Waals surface area contributed by atoms with E-state index < -0.39 is 24.0 Å². The van der Waals surface area contributed by atoms with Crippen molar-refractivity contribution < 1.29 is 27.5 Å². The Morgan fingerprint density at radius 1 is 1.18 bits per heavy atom. The van der Waals surface area contributed by atoms with Crippen molar-refractivity contribution >= 4 is 17.8 Å². The Hall–Kier alpha value is -4.75. The zero-order valence-electron chi connectivity index (χ0n) is 20.3. The number of carbonyl (C=O) groups excluding carboxylic acids is 2. The topological polar surface area (TPSA) is 150 Å². The van der Waals surface area contributed by atoms with Crippen LogP contribution in [0.3, 0.4) is 0 Å². The molecule has 1 atom stereocenters. The van der Waals surface area contributed by atoms with Crippen LogP contribution in [0, 0.1) is 11.8 Å². The SMILES string of the molecule is C[C@@H](OC(=O)Nc1c(-c2ccc(CNC(=O)c3cnc(C4CC4)o3)cn2)nnn1C)c1cc(F)cnc1F. The molecule has 4 aromatic rings. The average molecular weight is 524 g/mol. The summed E-state index contributed by atoms with van der Waals surface area (Å²) in [5, 5.41) is 13.2. The van der Waals surface area contributed by atoms with E-state index in [-0.39, 0.29) is 35.3 Å². The maximum Gasteiger partial charge on any atom is 0.413 e. The lowest BCUT2D eigenvalue weighted by Crippen LogP contribution is -2.22. The normalized spacial score (nSPS) is 13.7. The first kappa shape index (κ1) is 24.9. The summed E-state index contributed by atoms with van der Waals surface area (Å²) in [5.74, 6) is -0.854. The molecule has 1 aliphatic carbocycles.